The Morgan fingerprint density at radius 2 is 1.73 bits per heavy atom. The van der Waals surface area contributed by atoms with Gasteiger partial charge in [-0.3, -0.25) is 4.79 Å². The van der Waals surface area contributed by atoms with Crippen molar-refractivity contribution in [3.8, 4) is 17.2 Å². The van der Waals surface area contributed by atoms with Gasteiger partial charge in [0.2, 0.25) is 0 Å². The first-order chi connectivity index (χ1) is 12.3. The summed E-state index contributed by atoms with van der Waals surface area (Å²) in [4.78, 5) is 11.7. The SMILES string of the molecule is COc1ccc(OCC(=O)NCc2ccc(OC(F)(F)F)cc2)cc1F. The summed E-state index contributed by atoms with van der Waals surface area (Å²) in [7, 11) is 1.33. The molecule has 5 nitrogen and oxygen atoms in total. The molecule has 0 heterocycles. The molecule has 1 N–H and O–H groups in total. The van der Waals surface area contributed by atoms with Crippen molar-refractivity contribution in [1.29, 1.82) is 0 Å². The topological polar surface area (TPSA) is 56.8 Å². The quantitative estimate of drug-likeness (QED) is 0.756. The molecule has 0 aliphatic heterocycles. The van der Waals surface area contributed by atoms with Crippen molar-refractivity contribution in [1.82, 2.24) is 5.32 Å². The Hall–Kier alpha value is -2.97. The Morgan fingerprint density at radius 1 is 1.08 bits per heavy atom. The first kappa shape index (κ1) is 19.4. The summed E-state index contributed by atoms with van der Waals surface area (Å²) in [6, 6.07) is 8.98. The van der Waals surface area contributed by atoms with E-state index in [0.717, 1.165) is 18.2 Å². The fraction of sp³-hybridized carbons (Fsp3) is 0.235. The van der Waals surface area contributed by atoms with Crippen LogP contribution in [0.1, 0.15) is 5.56 Å². The van der Waals surface area contributed by atoms with E-state index < -0.39 is 18.1 Å². The molecule has 0 radical (unpaired) electrons. The normalized spacial score (nSPS) is 11.0. The Bertz CT molecular complexity index is 747. The number of carbonyl (C=O) groups is 1. The lowest BCUT2D eigenvalue weighted by molar-refractivity contribution is -0.274. The average Bonchev–Trinajstić information content (AvgIpc) is 2.58. The molecule has 0 bridgehead atoms. The van der Waals surface area contributed by atoms with E-state index >= 15 is 0 Å². The first-order valence-corrected chi connectivity index (χ1v) is 7.34. The molecule has 2 aromatic rings. The molecule has 0 spiro atoms. The van der Waals surface area contributed by atoms with Crippen molar-refractivity contribution in [3.05, 3.63) is 53.8 Å². The second-order valence-electron chi connectivity index (χ2n) is 5.05. The van der Waals surface area contributed by atoms with E-state index in [1.165, 1.54) is 31.4 Å². The van der Waals surface area contributed by atoms with Crippen molar-refractivity contribution in [3.63, 3.8) is 0 Å². The van der Waals surface area contributed by atoms with Gasteiger partial charge in [-0.25, -0.2) is 4.39 Å². The molecule has 0 aliphatic carbocycles. The highest BCUT2D eigenvalue weighted by molar-refractivity contribution is 5.77. The van der Waals surface area contributed by atoms with Gasteiger partial charge in [-0.15, -0.1) is 13.2 Å². The maximum Gasteiger partial charge on any atom is 0.573 e. The van der Waals surface area contributed by atoms with E-state index in [1.54, 1.807) is 0 Å². The van der Waals surface area contributed by atoms with Crippen LogP contribution in [0.25, 0.3) is 0 Å². The third-order valence-corrected chi connectivity index (χ3v) is 3.14. The van der Waals surface area contributed by atoms with Crippen LogP contribution in [-0.4, -0.2) is 26.0 Å². The van der Waals surface area contributed by atoms with Crippen LogP contribution in [0.3, 0.4) is 0 Å². The molecule has 2 rings (SSSR count). The van der Waals surface area contributed by atoms with Gasteiger partial charge in [0.15, 0.2) is 18.2 Å². The zero-order valence-corrected chi connectivity index (χ0v) is 13.6. The molecule has 0 aliphatic rings. The van der Waals surface area contributed by atoms with E-state index in [1.807, 2.05) is 0 Å². The minimum atomic E-state index is -4.76. The standard InChI is InChI=1S/C17H15F4NO4/c1-24-15-7-6-13(8-14(15)18)25-10-16(23)22-9-11-2-4-12(5-3-11)26-17(19,20)21/h2-8H,9-10H2,1H3,(H,22,23). The van der Waals surface area contributed by atoms with Crippen LogP contribution in [0.5, 0.6) is 17.2 Å². The average molecular weight is 373 g/mol. The molecule has 0 unspecified atom stereocenters. The highest BCUT2D eigenvalue weighted by atomic mass is 19.4. The zero-order chi connectivity index (χ0) is 19.2. The van der Waals surface area contributed by atoms with Crippen LogP contribution in [0.2, 0.25) is 0 Å². The lowest BCUT2D eigenvalue weighted by Gasteiger charge is -2.10. The second kappa shape index (κ2) is 8.41. The van der Waals surface area contributed by atoms with Gasteiger partial charge >= 0.3 is 6.36 Å². The van der Waals surface area contributed by atoms with Crippen LogP contribution < -0.4 is 19.5 Å². The maximum atomic E-state index is 13.5. The summed E-state index contributed by atoms with van der Waals surface area (Å²) >= 11 is 0. The Balaban J connectivity index is 1.79. The van der Waals surface area contributed by atoms with Gasteiger partial charge in [-0.2, -0.15) is 0 Å². The predicted octanol–water partition coefficient (Wildman–Crippen LogP) is 3.43. The lowest BCUT2D eigenvalue weighted by atomic mass is 10.2. The zero-order valence-electron chi connectivity index (χ0n) is 13.6. The van der Waals surface area contributed by atoms with E-state index in [0.29, 0.717) is 5.56 Å². The summed E-state index contributed by atoms with van der Waals surface area (Å²) in [6.07, 6.45) is -4.76. The highest BCUT2D eigenvalue weighted by Crippen LogP contribution is 2.23. The third-order valence-electron chi connectivity index (χ3n) is 3.14. The maximum absolute atomic E-state index is 13.5. The molecule has 2 aromatic carbocycles. The van der Waals surface area contributed by atoms with Crippen LogP contribution in [0, 0.1) is 5.82 Å². The van der Waals surface area contributed by atoms with E-state index in [2.05, 4.69) is 10.1 Å². The van der Waals surface area contributed by atoms with Crippen LogP contribution in [0.4, 0.5) is 17.6 Å². The number of amides is 1. The molecule has 0 atom stereocenters. The number of benzene rings is 2. The third kappa shape index (κ3) is 6.15. The van der Waals surface area contributed by atoms with E-state index in [-0.39, 0.29) is 30.4 Å². The smallest absolute Gasteiger partial charge is 0.494 e. The van der Waals surface area contributed by atoms with Gasteiger partial charge in [0, 0.05) is 12.6 Å². The van der Waals surface area contributed by atoms with E-state index in [4.69, 9.17) is 9.47 Å². The molecular weight excluding hydrogens is 358 g/mol. The van der Waals surface area contributed by atoms with Gasteiger partial charge in [-0.05, 0) is 29.8 Å². The fourth-order valence-corrected chi connectivity index (χ4v) is 1.95. The Morgan fingerprint density at radius 3 is 2.31 bits per heavy atom. The van der Waals surface area contributed by atoms with Crippen molar-refractivity contribution < 1.29 is 36.6 Å². The fourth-order valence-electron chi connectivity index (χ4n) is 1.95. The largest absolute Gasteiger partial charge is 0.573 e. The van der Waals surface area contributed by atoms with Gasteiger partial charge in [0.05, 0.1) is 7.11 Å². The second-order valence-corrected chi connectivity index (χ2v) is 5.05. The highest BCUT2D eigenvalue weighted by Gasteiger charge is 2.30. The number of carbonyl (C=O) groups excluding carboxylic acids is 1. The minimum absolute atomic E-state index is 0.0553. The summed E-state index contributed by atoms with van der Waals surface area (Å²) < 4.78 is 63.4. The molecule has 26 heavy (non-hydrogen) atoms. The molecule has 9 heteroatoms. The van der Waals surface area contributed by atoms with Gasteiger partial charge in [0.1, 0.15) is 11.5 Å². The summed E-state index contributed by atoms with van der Waals surface area (Å²) in [5, 5.41) is 2.53. The van der Waals surface area contributed by atoms with Gasteiger partial charge < -0.3 is 19.5 Å². The number of hydrogen-bond acceptors (Lipinski definition) is 4. The predicted molar refractivity (Wildman–Crippen MR) is 83.4 cm³/mol. The minimum Gasteiger partial charge on any atom is -0.494 e. The molecule has 0 fully saturated rings. The summed E-state index contributed by atoms with van der Waals surface area (Å²) in [5.74, 6) is -1.23. The number of halogens is 4. The number of ether oxygens (including phenoxy) is 3. The molecule has 140 valence electrons. The monoisotopic (exact) mass is 373 g/mol. The van der Waals surface area contributed by atoms with Crippen LogP contribution in [0.15, 0.2) is 42.5 Å². The number of rotatable bonds is 7. The van der Waals surface area contributed by atoms with Crippen molar-refractivity contribution in [2.45, 2.75) is 12.9 Å². The van der Waals surface area contributed by atoms with Crippen LogP contribution in [-0.2, 0) is 11.3 Å². The van der Waals surface area contributed by atoms with Gasteiger partial charge in [-0.1, -0.05) is 12.1 Å². The Kier molecular flexibility index (Phi) is 6.26. The number of hydrogen-bond donors (Lipinski definition) is 1. The number of alkyl halides is 3. The molecule has 0 saturated heterocycles. The lowest BCUT2D eigenvalue weighted by Crippen LogP contribution is -2.28. The summed E-state index contributed by atoms with van der Waals surface area (Å²) in [6.45, 7) is -0.257. The summed E-state index contributed by atoms with van der Waals surface area (Å²) in [5.41, 5.74) is 0.573. The number of methoxy groups -OCH3 is 1. The molecule has 0 saturated carbocycles. The number of nitrogens with one attached hydrogen (secondary N) is 1. The first-order valence-electron chi connectivity index (χ1n) is 7.34. The molecule has 0 aromatic heterocycles. The van der Waals surface area contributed by atoms with E-state index in [9.17, 15) is 22.4 Å². The molecular formula is C17H15F4NO4. The van der Waals surface area contributed by atoms with Crippen molar-refractivity contribution in [2.24, 2.45) is 0 Å². The van der Waals surface area contributed by atoms with Crippen molar-refractivity contribution in [2.75, 3.05) is 13.7 Å². The van der Waals surface area contributed by atoms with Crippen molar-refractivity contribution >= 4 is 5.91 Å². The Labute approximate surface area is 146 Å². The molecule has 1 amide bonds. The van der Waals surface area contributed by atoms with Crippen LogP contribution >= 0.6 is 0 Å². The van der Waals surface area contributed by atoms with Gasteiger partial charge in [0.25, 0.3) is 5.91 Å².